The Morgan fingerprint density at radius 1 is 1.25 bits per heavy atom. The third kappa shape index (κ3) is 3.14. The van der Waals surface area contributed by atoms with Crippen LogP contribution < -0.4 is 0 Å². The van der Waals surface area contributed by atoms with Gasteiger partial charge in [-0.3, -0.25) is 4.68 Å². The van der Waals surface area contributed by atoms with Gasteiger partial charge in [0.2, 0.25) is 11.8 Å². The molecule has 3 aromatic rings. The highest BCUT2D eigenvalue weighted by Crippen LogP contribution is 2.32. The highest BCUT2D eigenvalue weighted by atomic mass is 35.5. The second-order valence-corrected chi connectivity index (χ2v) is 5.65. The van der Waals surface area contributed by atoms with E-state index in [9.17, 15) is 13.2 Å². The molecule has 0 aliphatic rings. The van der Waals surface area contributed by atoms with Gasteiger partial charge in [-0.25, -0.2) is 0 Å². The van der Waals surface area contributed by atoms with Crippen molar-refractivity contribution in [2.45, 2.75) is 26.1 Å². The number of benzene rings is 1. The first-order chi connectivity index (χ1) is 11.3. The van der Waals surface area contributed by atoms with Crippen molar-refractivity contribution in [1.82, 2.24) is 20.0 Å². The predicted molar refractivity (Wildman–Crippen MR) is 80.5 cm³/mol. The average molecular weight is 357 g/mol. The number of hydrogen-bond donors (Lipinski definition) is 0. The lowest BCUT2D eigenvalue weighted by Gasteiger charge is -2.07. The fraction of sp³-hybridized carbons (Fsp3) is 0.267. The van der Waals surface area contributed by atoms with E-state index in [0.717, 1.165) is 12.1 Å². The molecule has 0 N–H and O–H groups in total. The molecule has 0 amide bonds. The zero-order chi connectivity index (χ0) is 17.5. The fourth-order valence-corrected chi connectivity index (χ4v) is 2.26. The van der Waals surface area contributed by atoms with Crippen molar-refractivity contribution in [1.29, 1.82) is 0 Å². The molecule has 0 spiro atoms. The smallest absolute Gasteiger partial charge is 0.416 e. The van der Waals surface area contributed by atoms with Crippen molar-refractivity contribution in [2.75, 3.05) is 0 Å². The zero-order valence-electron chi connectivity index (χ0n) is 12.7. The molecule has 0 aliphatic carbocycles. The van der Waals surface area contributed by atoms with E-state index in [1.54, 1.807) is 24.7 Å². The van der Waals surface area contributed by atoms with Gasteiger partial charge in [0.1, 0.15) is 6.04 Å². The second kappa shape index (κ2) is 5.94. The molecule has 0 fully saturated rings. The Labute approximate surface area is 140 Å². The number of aryl methyl sites for hydroxylation is 1. The summed E-state index contributed by atoms with van der Waals surface area (Å²) in [6, 6.07) is 4.33. The maximum absolute atomic E-state index is 12.8. The molecule has 126 valence electrons. The van der Waals surface area contributed by atoms with Crippen LogP contribution in [0.2, 0.25) is 5.02 Å². The first-order valence-electron chi connectivity index (χ1n) is 6.98. The summed E-state index contributed by atoms with van der Waals surface area (Å²) in [6.07, 6.45) is -2.81. The van der Waals surface area contributed by atoms with Gasteiger partial charge in [0.05, 0.1) is 16.3 Å². The first-order valence-corrected chi connectivity index (χ1v) is 7.36. The number of hydrogen-bond acceptors (Lipinski definition) is 4. The van der Waals surface area contributed by atoms with Gasteiger partial charge in [0, 0.05) is 11.8 Å². The number of halogens is 4. The Kier molecular flexibility index (Phi) is 4.08. The Hall–Kier alpha value is -2.35. The van der Waals surface area contributed by atoms with Gasteiger partial charge in [0.25, 0.3) is 0 Å². The zero-order valence-corrected chi connectivity index (χ0v) is 13.4. The molecular formula is C15H12ClF3N4O. The maximum atomic E-state index is 12.8. The number of alkyl halides is 3. The van der Waals surface area contributed by atoms with E-state index in [4.69, 9.17) is 16.0 Å². The van der Waals surface area contributed by atoms with Crippen LogP contribution in [0.25, 0.3) is 11.5 Å². The van der Waals surface area contributed by atoms with Gasteiger partial charge in [-0.05, 0) is 32.0 Å². The molecule has 0 saturated carbocycles. The largest absolute Gasteiger partial charge is 0.418 e. The number of rotatable bonds is 3. The van der Waals surface area contributed by atoms with Gasteiger partial charge in [-0.2, -0.15) is 18.3 Å². The van der Waals surface area contributed by atoms with E-state index in [1.807, 2.05) is 0 Å². The van der Waals surface area contributed by atoms with Crippen LogP contribution in [-0.4, -0.2) is 20.0 Å². The van der Waals surface area contributed by atoms with Gasteiger partial charge in [-0.15, -0.1) is 10.2 Å². The third-order valence-corrected chi connectivity index (χ3v) is 3.86. The maximum Gasteiger partial charge on any atom is 0.416 e. The van der Waals surface area contributed by atoms with E-state index < -0.39 is 17.8 Å². The minimum absolute atomic E-state index is 0.0120. The molecule has 2 heterocycles. The summed E-state index contributed by atoms with van der Waals surface area (Å²) in [5, 5.41) is 12.4. The summed E-state index contributed by atoms with van der Waals surface area (Å²) in [7, 11) is 0. The van der Waals surface area contributed by atoms with Crippen molar-refractivity contribution in [3.05, 3.63) is 52.6 Å². The molecule has 2 aromatic heterocycles. The molecule has 0 aliphatic heterocycles. The minimum Gasteiger partial charge on any atom is -0.418 e. The molecule has 3 rings (SSSR count). The van der Waals surface area contributed by atoms with Crippen molar-refractivity contribution in [3.63, 3.8) is 0 Å². The Balaban J connectivity index is 1.91. The fourth-order valence-electron chi connectivity index (χ4n) is 2.12. The van der Waals surface area contributed by atoms with E-state index in [1.165, 1.54) is 12.1 Å². The lowest BCUT2D eigenvalue weighted by Crippen LogP contribution is -2.07. The number of aromatic nitrogens is 4. The number of nitrogens with zero attached hydrogens (tertiary/aromatic N) is 4. The van der Waals surface area contributed by atoms with E-state index in [2.05, 4.69) is 15.3 Å². The Morgan fingerprint density at radius 3 is 2.62 bits per heavy atom. The van der Waals surface area contributed by atoms with Crippen molar-refractivity contribution in [3.8, 4) is 11.5 Å². The Morgan fingerprint density at radius 2 is 2.00 bits per heavy atom. The highest BCUT2D eigenvalue weighted by molar-refractivity contribution is 6.31. The van der Waals surface area contributed by atoms with E-state index in [-0.39, 0.29) is 17.3 Å². The van der Waals surface area contributed by atoms with Crippen LogP contribution in [0.4, 0.5) is 13.2 Å². The van der Waals surface area contributed by atoms with Crippen LogP contribution in [0.3, 0.4) is 0 Å². The molecule has 1 aromatic carbocycles. The van der Waals surface area contributed by atoms with E-state index >= 15 is 0 Å². The molecule has 9 heteroatoms. The summed E-state index contributed by atoms with van der Waals surface area (Å²) in [5.41, 5.74) is 0.0777. The van der Waals surface area contributed by atoms with Crippen LogP contribution in [0.1, 0.15) is 30.1 Å². The molecule has 1 atom stereocenters. The molecule has 5 nitrogen and oxygen atoms in total. The van der Waals surface area contributed by atoms with Gasteiger partial charge in [0.15, 0.2) is 0 Å². The monoisotopic (exact) mass is 356 g/mol. The summed E-state index contributed by atoms with van der Waals surface area (Å²) in [5.74, 6) is 0.236. The van der Waals surface area contributed by atoms with Crippen LogP contribution in [0.5, 0.6) is 0 Å². The summed E-state index contributed by atoms with van der Waals surface area (Å²) < 4.78 is 45.4. The highest BCUT2D eigenvalue weighted by Gasteiger charge is 2.31. The normalized spacial score (nSPS) is 13.2. The molecule has 0 bridgehead atoms. The molecular weight excluding hydrogens is 345 g/mol. The predicted octanol–water partition coefficient (Wildman–Crippen LogP) is 4.52. The summed E-state index contributed by atoms with van der Waals surface area (Å²) >= 11 is 5.97. The lowest BCUT2D eigenvalue weighted by atomic mass is 10.1. The molecule has 0 radical (unpaired) electrons. The standard InChI is InChI=1S/C15H12ClF3N4O/c1-8-12(16)7-23(22-8)9(2)13-20-21-14(24-13)10-4-3-5-11(6-10)15(17,18)19/h3-7,9H,1-2H3. The summed E-state index contributed by atoms with van der Waals surface area (Å²) in [6.45, 7) is 3.53. The lowest BCUT2D eigenvalue weighted by molar-refractivity contribution is -0.137. The average Bonchev–Trinajstić information content (AvgIpc) is 3.14. The van der Waals surface area contributed by atoms with Crippen molar-refractivity contribution in [2.24, 2.45) is 0 Å². The molecule has 1 unspecified atom stereocenters. The first kappa shape index (κ1) is 16.5. The van der Waals surface area contributed by atoms with Crippen LogP contribution >= 0.6 is 11.6 Å². The van der Waals surface area contributed by atoms with Crippen molar-refractivity contribution >= 4 is 11.6 Å². The van der Waals surface area contributed by atoms with Crippen LogP contribution in [0, 0.1) is 6.92 Å². The molecule has 0 saturated heterocycles. The van der Waals surface area contributed by atoms with Crippen molar-refractivity contribution < 1.29 is 17.6 Å². The van der Waals surface area contributed by atoms with Gasteiger partial charge < -0.3 is 4.42 Å². The van der Waals surface area contributed by atoms with Gasteiger partial charge >= 0.3 is 6.18 Å². The third-order valence-electron chi connectivity index (χ3n) is 3.49. The topological polar surface area (TPSA) is 56.7 Å². The summed E-state index contributed by atoms with van der Waals surface area (Å²) in [4.78, 5) is 0. The van der Waals surface area contributed by atoms with Crippen LogP contribution in [0.15, 0.2) is 34.9 Å². The van der Waals surface area contributed by atoms with Crippen LogP contribution in [-0.2, 0) is 6.18 Å². The Bertz CT molecular complexity index is 852. The second-order valence-electron chi connectivity index (χ2n) is 5.24. The molecule has 24 heavy (non-hydrogen) atoms. The SMILES string of the molecule is Cc1nn(C(C)c2nnc(-c3cccc(C(F)(F)F)c3)o2)cc1Cl. The minimum atomic E-state index is -4.44. The van der Waals surface area contributed by atoms with Gasteiger partial charge in [-0.1, -0.05) is 17.7 Å². The quantitative estimate of drug-likeness (QED) is 0.692. The van der Waals surface area contributed by atoms with E-state index in [0.29, 0.717) is 10.7 Å².